The zero-order valence-electron chi connectivity index (χ0n) is 10.3. The molecule has 20 heavy (non-hydrogen) atoms. The minimum absolute atomic E-state index is 0.0439. The summed E-state index contributed by atoms with van der Waals surface area (Å²) in [5, 5.41) is 0. The summed E-state index contributed by atoms with van der Waals surface area (Å²) in [6, 6.07) is 9.39. The van der Waals surface area contributed by atoms with Gasteiger partial charge in [-0.1, -0.05) is 47.8 Å². The minimum Gasteiger partial charge on any atom is -0.492 e. The molecule has 5 heteroatoms. The van der Waals surface area contributed by atoms with Gasteiger partial charge in [-0.2, -0.15) is 0 Å². The van der Waals surface area contributed by atoms with Gasteiger partial charge < -0.3 is 4.74 Å². The van der Waals surface area contributed by atoms with Gasteiger partial charge in [0.25, 0.3) is 0 Å². The number of ether oxygens (including phenoxy) is 1. The third-order valence-electron chi connectivity index (χ3n) is 3.17. The molecular formula is C15H9Br3O2. The van der Waals surface area contributed by atoms with E-state index >= 15 is 0 Å². The standard InChI is InChI=1S/C15H9Br3O2/c16-9-1-2-13(18)11(6-9)14(19)12-7-10(17)5-8-3-4-20-15(8)12/h1-2,5-7H,3-4H2. The molecule has 3 rings (SSSR count). The second-order valence-corrected chi connectivity index (χ2v) is 7.18. The van der Waals surface area contributed by atoms with Gasteiger partial charge in [-0.15, -0.1) is 0 Å². The maximum Gasteiger partial charge on any atom is 0.197 e. The SMILES string of the molecule is O=C(c1cc(Br)ccc1Br)c1cc(Br)cc2c1OCC2. The lowest BCUT2D eigenvalue weighted by atomic mass is 10.00. The summed E-state index contributed by atoms with van der Waals surface area (Å²) in [6.07, 6.45) is 0.842. The Morgan fingerprint density at radius 1 is 1.00 bits per heavy atom. The van der Waals surface area contributed by atoms with E-state index in [2.05, 4.69) is 47.8 Å². The van der Waals surface area contributed by atoms with Crippen LogP contribution in [0.2, 0.25) is 0 Å². The van der Waals surface area contributed by atoms with Gasteiger partial charge in [0.05, 0.1) is 12.2 Å². The normalized spacial score (nSPS) is 12.9. The summed E-state index contributed by atoms with van der Waals surface area (Å²) < 4.78 is 8.18. The number of hydrogen-bond acceptors (Lipinski definition) is 2. The lowest BCUT2D eigenvalue weighted by Crippen LogP contribution is -2.05. The van der Waals surface area contributed by atoms with Gasteiger partial charge in [0.1, 0.15) is 5.75 Å². The maximum absolute atomic E-state index is 12.8. The highest BCUT2D eigenvalue weighted by atomic mass is 79.9. The summed E-state index contributed by atoms with van der Waals surface area (Å²) in [4.78, 5) is 12.8. The molecule has 1 aliphatic rings. The Bertz CT molecular complexity index is 711. The third kappa shape index (κ3) is 2.59. The Morgan fingerprint density at radius 3 is 2.55 bits per heavy atom. The highest BCUT2D eigenvalue weighted by Gasteiger charge is 2.24. The number of fused-ring (bicyclic) bond motifs is 1. The Labute approximate surface area is 141 Å². The molecule has 0 bridgehead atoms. The van der Waals surface area contributed by atoms with Crippen molar-refractivity contribution in [3.8, 4) is 5.75 Å². The molecule has 0 saturated heterocycles. The van der Waals surface area contributed by atoms with Gasteiger partial charge in [0.2, 0.25) is 0 Å². The van der Waals surface area contributed by atoms with Gasteiger partial charge >= 0.3 is 0 Å². The summed E-state index contributed by atoms with van der Waals surface area (Å²) in [5.41, 5.74) is 2.30. The van der Waals surface area contributed by atoms with Crippen LogP contribution >= 0.6 is 47.8 Å². The predicted octanol–water partition coefficient (Wildman–Crippen LogP) is 5.14. The van der Waals surface area contributed by atoms with Crippen molar-refractivity contribution in [2.45, 2.75) is 6.42 Å². The lowest BCUT2D eigenvalue weighted by molar-refractivity contribution is 0.103. The molecule has 0 fully saturated rings. The van der Waals surface area contributed by atoms with E-state index in [4.69, 9.17) is 4.74 Å². The second-order valence-electron chi connectivity index (χ2n) is 4.49. The van der Waals surface area contributed by atoms with E-state index in [0.29, 0.717) is 23.5 Å². The average molecular weight is 461 g/mol. The number of hydrogen-bond donors (Lipinski definition) is 0. The lowest BCUT2D eigenvalue weighted by Gasteiger charge is -2.10. The molecule has 2 nitrogen and oxygen atoms in total. The average Bonchev–Trinajstić information content (AvgIpc) is 2.87. The fourth-order valence-corrected chi connectivity index (χ4v) is 3.55. The molecular weight excluding hydrogens is 452 g/mol. The van der Waals surface area contributed by atoms with Gasteiger partial charge in [0.15, 0.2) is 5.78 Å². The zero-order chi connectivity index (χ0) is 14.3. The van der Waals surface area contributed by atoms with Crippen LogP contribution in [0.4, 0.5) is 0 Å². The van der Waals surface area contributed by atoms with Gasteiger partial charge in [-0.25, -0.2) is 0 Å². The smallest absolute Gasteiger partial charge is 0.197 e. The van der Waals surface area contributed by atoms with Crippen molar-refractivity contribution in [3.05, 3.63) is 60.4 Å². The molecule has 0 amide bonds. The van der Waals surface area contributed by atoms with E-state index in [0.717, 1.165) is 25.4 Å². The quantitative estimate of drug-likeness (QED) is 0.580. The van der Waals surface area contributed by atoms with Crippen LogP contribution in [0.25, 0.3) is 0 Å². The molecule has 0 saturated carbocycles. The monoisotopic (exact) mass is 458 g/mol. The Hall–Kier alpha value is -0.650. The molecule has 0 radical (unpaired) electrons. The first kappa shape index (κ1) is 14.3. The molecule has 1 heterocycles. The number of ketones is 1. The summed E-state index contributed by atoms with van der Waals surface area (Å²) in [7, 11) is 0. The molecule has 2 aromatic carbocycles. The van der Waals surface area contributed by atoms with Crippen molar-refractivity contribution in [1.29, 1.82) is 0 Å². The largest absolute Gasteiger partial charge is 0.492 e. The number of halogens is 3. The minimum atomic E-state index is -0.0439. The Kier molecular flexibility index (Phi) is 4.02. The first-order valence-corrected chi connectivity index (χ1v) is 8.39. The van der Waals surface area contributed by atoms with Gasteiger partial charge in [0, 0.05) is 25.4 Å². The van der Waals surface area contributed by atoms with Crippen molar-refractivity contribution in [2.75, 3.05) is 6.61 Å². The first-order valence-electron chi connectivity index (χ1n) is 6.01. The molecule has 1 aliphatic heterocycles. The van der Waals surface area contributed by atoms with Gasteiger partial charge in [-0.3, -0.25) is 4.79 Å². The van der Waals surface area contributed by atoms with Crippen LogP contribution in [0.5, 0.6) is 5.75 Å². The topological polar surface area (TPSA) is 26.3 Å². The van der Waals surface area contributed by atoms with Crippen molar-refractivity contribution in [2.24, 2.45) is 0 Å². The molecule has 2 aromatic rings. The van der Waals surface area contributed by atoms with Crippen LogP contribution < -0.4 is 4.74 Å². The van der Waals surface area contributed by atoms with E-state index in [9.17, 15) is 4.79 Å². The molecule has 0 atom stereocenters. The van der Waals surface area contributed by atoms with Crippen LogP contribution in [0.15, 0.2) is 43.7 Å². The molecule has 0 unspecified atom stereocenters. The van der Waals surface area contributed by atoms with Crippen LogP contribution in [0.3, 0.4) is 0 Å². The molecule has 0 aliphatic carbocycles. The van der Waals surface area contributed by atoms with Crippen LogP contribution in [0.1, 0.15) is 21.5 Å². The first-order chi connectivity index (χ1) is 9.56. The fourth-order valence-electron chi connectivity index (χ4n) is 2.25. The van der Waals surface area contributed by atoms with Crippen molar-refractivity contribution in [1.82, 2.24) is 0 Å². The number of carbonyl (C=O) groups excluding carboxylic acids is 1. The summed E-state index contributed by atoms with van der Waals surface area (Å²) in [6.45, 7) is 0.631. The van der Waals surface area contributed by atoms with E-state index in [-0.39, 0.29) is 5.78 Å². The highest BCUT2D eigenvalue weighted by molar-refractivity contribution is 9.11. The molecule has 0 N–H and O–H groups in total. The van der Waals surface area contributed by atoms with Crippen LogP contribution in [0, 0.1) is 0 Å². The zero-order valence-corrected chi connectivity index (χ0v) is 15.0. The van der Waals surface area contributed by atoms with Crippen molar-refractivity contribution in [3.63, 3.8) is 0 Å². The summed E-state index contributed by atoms with van der Waals surface area (Å²) >= 11 is 10.3. The molecule has 0 spiro atoms. The van der Waals surface area contributed by atoms with Gasteiger partial charge in [-0.05, 0) is 35.9 Å². The maximum atomic E-state index is 12.8. The molecule has 0 aromatic heterocycles. The number of carbonyl (C=O) groups is 1. The fraction of sp³-hybridized carbons (Fsp3) is 0.133. The van der Waals surface area contributed by atoms with E-state index < -0.39 is 0 Å². The van der Waals surface area contributed by atoms with E-state index in [1.807, 2.05) is 30.3 Å². The Balaban J connectivity index is 2.14. The van der Waals surface area contributed by atoms with Crippen molar-refractivity contribution < 1.29 is 9.53 Å². The number of benzene rings is 2. The van der Waals surface area contributed by atoms with E-state index in [1.165, 1.54) is 0 Å². The van der Waals surface area contributed by atoms with Crippen LogP contribution in [-0.2, 0) is 6.42 Å². The summed E-state index contributed by atoms with van der Waals surface area (Å²) in [5.74, 6) is 0.669. The van der Waals surface area contributed by atoms with Crippen molar-refractivity contribution >= 4 is 53.6 Å². The number of rotatable bonds is 2. The van der Waals surface area contributed by atoms with E-state index in [1.54, 1.807) is 0 Å². The highest BCUT2D eigenvalue weighted by Crippen LogP contribution is 2.35. The molecule has 102 valence electrons. The second kappa shape index (κ2) is 5.62. The van der Waals surface area contributed by atoms with Crippen LogP contribution in [-0.4, -0.2) is 12.4 Å². The predicted molar refractivity (Wildman–Crippen MR) is 88.6 cm³/mol. The Morgan fingerprint density at radius 2 is 1.75 bits per heavy atom. The third-order valence-corrected chi connectivity index (χ3v) is 4.81.